The molecule has 1 unspecified atom stereocenters. The van der Waals surface area contributed by atoms with E-state index in [1.165, 1.54) is 22.2 Å². The predicted molar refractivity (Wildman–Crippen MR) is 108 cm³/mol. The number of aromatic nitrogens is 3. The standard InChI is InChI=1S/C20H18N4O2S/c1-11-6-4-7-12(2)15(11)23-18(25)13(3)24-10-22-16-14-8-5-9-21-19(14)27-17(16)20(24)26/h4-10,13H,1-3H3,(H,23,25). The topological polar surface area (TPSA) is 76.9 Å². The van der Waals surface area contributed by atoms with Gasteiger partial charge < -0.3 is 5.32 Å². The van der Waals surface area contributed by atoms with E-state index < -0.39 is 6.04 Å². The highest BCUT2D eigenvalue weighted by molar-refractivity contribution is 7.25. The number of hydrogen-bond acceptors (Lipinski definition) is 5. The van der Waals surface area contributed by atoms with Gasteiger partial charge in [0.25, 0.3) is 5.56 Å². The number of rotatable bonds is 3. The second-order valence-corrected chi connectivity index (χ2v) is 7.52. The van der Waals surface area contributed by atoms with E-state index in [0.717, 1.165) is 27.0 Å². The Bertz CT molecular complexity index is 1220. The molecular formula is C20H18N4O2S. The van der Waals surface area contributed by atoms with Crippen LogP contribution in [0.15, 0.2) is 47.7 Å². The minimum absolute atomic E-state index is 0.229. The lowest BCUT2D eigenvalue weighted by atomic mass is 10.1. The van der Waals surface area contributed by atoms with Crippen LogP contribution in [0, 0.1) is 13.8 Å². The molecule has 1 aromatic carbocycles. The van der Waals surface area contributed by atoms with Crippen LogP contribution >= 0.6 is 11.3 Å². The highest BCUT2D eigenvalue weighted by Crippen LogP contribution is 2.28. The first kappa shape index (κ1) is 17.4. The lowest BCUT2D eigenvalue weighted by Gasteiger charge is -2.17. The van der Waals surface area contributed by atoms with Crippen LogP contribution in [0.1, 0.15) is 24.1 Å². The van der Waals surface area contributed by atoms with E-state index in [-0.39, 0.29) is 11.5 Å². The number of aryl methyl sites for hydroxylation is 2. The zero-order valence-electron chi connectivity index (χ0n) is 15.2. The molecule has 0 aliphatic carbocycles. The summed E-state index contributed by atoms with van der Waals surface area (Å²) in [5.41, 5.74) is 3.14. The largest absolute Gasteiger partial charge is 0.324 e. The molecule has 0 aliphatic heterocycles. The summed E-state index contributed by atoms with van der Waals surface area (Å²) in [7, 11) is 0. The number of benzene rings is 1. The zero-order valence-corrected chi connectivity index (χ0v) is 16.0. The van der Waals surface area contributed by atoms with E-state index in [1.807, 2.05) is 44.2 Å². The molecule has 0 saturated heterocycles. The van der Waals surface area contributed by atoms with Crippen LogP contribution in [0.4, 0.5) is 5.69 Å². The van der Waals surface area contributed by atoms with Crippen LogP contribution in [-0.4, -0.2) is 20.4 Å². The molecule has 3 aromatic heterocycles. The normalized spacial score (nSPS) is 12.4. The number of pyridine rings is 1. The first-order chi connectivity index (χ1) is 13.0. The summed E-state index contributed by atoms with van der Waals surface area (Å²) in [6.45, 7) is 5.58. The van der Waals surface area contributed by atoms with Crippen LogP contribution < -0.4 is 10.9 Å². The third kappa shape index (κ3) is 2.90. The third-order valence-corrected chi connectivity index (χ3v) is 5.80. The average Bonchev–Trinajstić information content (AvgIpc) is 3.04. The van der Waals surface area contributed by atoms with Crippen molar-refractivity contribution >= 4 is 43.4 Å². The Balaban J connectivity index is 1.73. The first-order valence-electron chi connectivity index (χ1n) is 8.59. The number of para-hydroxylation sites is 1. The molecular weight excluding hydrogens is 360 g/mol. The number of anilines is 1. The number of nitrogens with one attached hydrogen (secondary N) is 1. The zero-order chi connectivity index (χ0) is 19.1. The fraction of sp³-hybridized carbons (Fsp3) is 0.200. The number of fused-ring (bicyclic) bond motifs is 3. The molecule has 0 spiro atoms. The van der Waals surface area contributed by atoms with Gasteiger partial charge >= 0.3 is 0 Å². The second-order valence-electron chi connectivity index (χ2n) is 6.52. The Morgan fingerprint density at radius 3 is 2.63 bits per heavy atom. The summed E-state index contributed by atoms with van der Waals surface area (Å²) in [6, 6.07) is 8.86. The summed E-state index contributed by atoms with van der Waals surface area (Å²) >= 11 is 1.30. The van der Waals surface area contributed by atoms with Crippen LogP contribution in [0.5, 0.6) is 0 Å². The maximum Gasteiger partial charge on any atom is 0.272 e. The highest BCUT2D eigenvalue weighted by Gasteiger charge is 2.20. The van der Waals surface area contributed by atoms with Gasteiger partial charge in [-0.1, -0.05) is 18.2 Å². The van der Waals surface area contributed by atoms with Crippen molar-refractivity contribution < 1.29 is 4.79 Å². The van der Waals surface area contributed by atoms with Gasteiger partial charge in [-0.2, -0.15) is 0 Å². The fourth-order valence-electron chi connectivity index (χ4n) is 3.12. The number of thiophene rings is 1. The maximum absolute atomic E-state index is 13.0. The molecule has 4 aromatic rings. The number of carbonyl (C=O) groups is 1. The Labute approximate surface area is 159 Å². The van der Waals surface area contributed by atoms with E-state index >= 15 is 0 Å². The lowest BCUT2D eigenvalue weighted by molar-refractivity contribution is -0.118. The van der Waals surface area contributed by atoms with Crippen molar-refractivity contribution in [3.05, 3.63) is 64.3 Å². The first-order valence-corrected chi connectivity index (χ1v) is 9.40. The fourth-order valence-corrected chi connectivity index (χ4v) is 4.16. The van der Waals surface area contributed by atoms with Gasteiger partial charge in [0.2, 0.25) is 5.91 Å². The van der Waals surface area contributed by atoms with Crippen molar-refractivity contribution in [2.75, 3.05) is 5.32 Å². The van der Waals surface area contributed by atoms with Crippen molar-refractivity contribution in [1.29, 1.82) is 0 Å². The molecule has 1 atom stereocenters. The van der Waals surface area contributed by atoms with Gasteiger partial charge in [-0.15, -0.1) is 11.3 Å². The Kier molecular flexibility index (Phi) is 4.24. The van der Waals surface area contributed by atoms with Gasteiger partial charge in [-0.3, -0.25) is 14.2 Å². The quantitative estimate of drug-likeness (QED) is 0.588. The van der Waals surface area contributed by atoms with Crippen molar-refractivity contribution in [3.63, 3.8) is 0 Å². The molecule has 1 N–H and O–H groups in total. The minimum Gasteiger partial charge on any atom is -0.324 e. The van der Waals surface area contributed by atoms with Crippen LogP contribution in [0.3, 0.4) is 0 Å². The summed E-state index contributed by atoms with van der Waals surface area (Å²) in [4.78, 5) is 35.2. The van der Waals surface area contributed by atoms with E-state index in [9.17, 15) is 9.59 Å². The van der Waals surface area contributed by atoms with Gasteiger partial charge in [0.05, 0.1) is 11.8 Å². The van der Waals surface area contributed by atoms with Crippen molar-refractivity contribution in [3.8, 4) is 0 Å². The smallest absolute Gasteiger partial charge is 0.272 e. The predicted octanol–water partition coefficient (Wildman–Crippen LogP) is 3.82. The number of nitrogens with zero attached hydrogens (tertiary/aromatic N) is 3. The van der Waals surface area contributed by atoms with Crippen LogP contribution in [0.2, 0.25) is 0 Å². The van der Waals surface area contributed by atoms with Crippen molar-refractivity contribution in [1.82, 2.24) is 14.5 Å². The van der Waals surface area contributed by atoms with E-state index in [0.29, 0.717) is 10.2 Å². The monoisotopic (exact) mass is 378 g/mol. The van der Waals surface area contributed by atoms with Crippen LogP contribution in [0.25, 0.3) is 20.4 Å². The van der Waals surface area contributed by atoms with Crippen LogP contribution in [-0.2, 0) is 4.79 Å². The van der Waals surface area contributed by atoms with E-state index in [4.69, 9.17) is 0 Å². The van der Waals surface area contributed by atoms with E-state index in [1.54, 1.807) is 13.1 Å². The number of amides is 1. The second kappa shape index (κ2) is 6.59. The number of hydrogen-bond donors (Lipinski definition) is 1. The molecule has 0 fully saturated rings. The SMILES string of the molecule is Cc1cccc(C)c1NC(=O)C(C)n1cnc2c(sc3ncccc32)c1=O. The van der Waals surface area contributed by atoms with Gasteiger partial charge in [0.1, 0.15) is 15.6 Å². The van der Waals surface area contributed by atoms with Gasteiger partial charge in [-0.05, 0) is 44.0 Å². The van der Waals surface area contributed by atoms with Gasteiger partial charge in [0.15, 0.2) is 0 Å². The summed E-state index contributed by atoms with van der Waals surface area (Å²) in [5.74, 6) is -0.255. The molecule has 0 bridgehead atoms. The summed E-state index contributed by atoms with van der Waals surface area (Å²) in [6.07, 6.45) is 3.13. The molecule has 6 nitrogen and oxygen atoms in total. The minimum atomic E-state index is -0.688. The molecule has 1 amide bonds. The number of carbonyl (C=O) groups excluding carboxylic acids is 1. The Morgan fingerprint density at radius 2 is 1.89 bits per heavy atom. The molecule has 136 valence electrons. The third-order valence-electron chi connectivity index (χ3n) is 4.71. The highest BCUT2D eigenvalue weighted by atomic mass is 32.1. The molecule has 0 aliphatic rings. The Hall–Kier alpha value is -3.06. The maximum atomic E-state index is 13.0. The summed E-state index contributed by atoms with van der Waals surface area (Å²) in [5, 5.41) is 3.80. The van der Waals surface area contributed by atoms with E-state index in [2.05, 4.69) is 15.3 Å². The Morgan fingerprint density at radius 1 is 1.15 bits per heavy atom. The van der Waals surface area contributed by atoms with Crippen molar-refractivity contribution in [2.45, 2.75) is 26.8 Å². The molecule has 4 rings (SSSR count). The molecule has 0 saturated carbocycles. The summed E-state index contributed by atoms with van der Waals surface area (Å²) < 4.78 is 1.89. The van der Waals surface area contributed by atoms with Gasteiger partial charge in [-0.25, -0.2) is 9.97 Å². The molecule has 7 heteroatoms. The molecule has 3 heterocycles. The van der Waals surface area contributed by atoms with Crippen molar-refractivity contribution in [2.24, 2.45) is 0 Å². The molecule has 27 heavy (non-hydrogen) atoms. The average molecular weight is 378 g/mol. The lowest BCUT2D eigenvalue weighted by Crippen LogP contribution is -2.31. The van der Waals surface area contributed by atoms with Gasteiger partial charge in [0, 0.05) is 17.3 Å². The molecule has 0 radical (unpaired) electrons.